The smallest absolute Gasteiger partial charge is 0.550 e. The first-order valence-electron chi connectivity index (χ1n) is 14.1. The van der Waals surface area contributed by atoms with Gasteiger partial charge < -0.3 is 30.0 Å². The Morgan fingerprint density at radius 1 is 0.721 bits per heavy atom. The molecule has 0 unspecified atom stereocenters. The van der Waals surface area contributed by atoms with E-state index in [1.807, 2.05) is 62.4 Å². The molecule has 0 saturated carbocycles. The van der Waals surface area contributed by atoms with E-state index in [1.54, 1.807) is 12.4 Å². The van der Waals surface area contributed by atoms with Gasteiger partial charge in [-0.15, -0.1) is 0 Å². The molecule has 1 radical (unpaired) electrons. The van der Waals surface area contributed by atoms with E-state index in [9.17, 15) is 10.2 Å². The van der Waals surface area contributed by atoms with Crippen molar-refractivity contribution in [2.24, 2.45) is 9.98 Å². The fourth-order valence-electron chi connectivity index (χ4n) is 3.96. The molecule has 0 aromatic heterocycles. The number of carboxylic acid groups (broad SMARTS) is 2. The number of carboxylic acids is 2. The van der Waals surface area contributed by atoms with Crippen LogP contribution in [-0.4, -0.2) is 34.6 Å². The minimum Gasteiger partial charge on any atom is -0.550 e. The van der Waals surface area contributed by atoms with Gasteiger partial charge >= 0.3 is 16.8 Å². The summed E-state index contributed by atoms with van der Waals surface area (Å²) in [6.07, 6.45) is 9.94. The minimum atomic E-state index is -1.08. The molecule has 0 spiro atoms. The molecule has 0 amide bonds. The third-order valence-corrected chi connectivity index (χ3v) is 5.95. The zero-order valence-corrected chi connectivity index (χ0v) is 26.8. The molecule has 3 rings (SSSR count). The second kappa shape index (κ2) is 20.8. The van der Waals surface area contributed by atoms with Crippen LogP contribution in [0.3, 0.4) is 0 Å². The number of benzene rings is 3. The van der Waals surface area contributed by atoms with Crippen LogP contribution in [0.4, 0.5) is 11.4 Å². The molecule has 9 heteroatoms. The van der Waals surface area contributed by atoms with Crippen LogP contribution in [-0.2, 0) is 39.2 Å². The third kappa shape index (κ3) is 15.7. The molecule has 0 aliphatic heterocycles. The van der Waals surface area contributed by atoms with Crippen LogP contribution in [0.25, 0.3) is 0 Å². The number of phenols is 2. The van der Waals surface area contributed by atoms with Crippen LogP contribution in [0.1, 0.15) is 86.8 Å². The Balaban J connectivity index is 0.00000174. The van der Waals surface area contributed by atoms with E-state index in [0.29, 0.717) is 0 Å². The van der Waals surface area contributed by atoms with Crippen LogP contribution in [0.2, 0.25) is 0 Å². The maximum Gasteiger partial charge on any atom is 2.00 e. The summed E-state index contributed by atoms with van der Waals surface area (Å²) < 4.78 is 0. The average molecular weight is 634 g/mol. The monoisotopic (exact) mass is 633 g/mol. The maximum absolute atomic E-state index is 10.5. The van der Waals surface area contributed by atoms with Gasteiger partial charge in [-0.2, -0.15) is 0 Å². The molecule has 233 valence electrons. The topological polar surface area (TPSA) is 145 Å². The molecule has 0 aliphatic carbocycles. The molecule has 0 fully saturated rings. The van der Waals surface area contributed by atoms with Crippen molar-refractivity contribution in [2.75, 3.05) is 0 Å². The van der Waals surface area contributed by atoms with Gasteiger partial charge in [0.25, 0.3) is 0 Å². The molecule has 0 atom stereocenters. The zero-order chi connectivity index (χ0) is 31.7. The van der Waals surface area contributed by atoms with Gasteiger partial charge in [0.15, 0.2) is 0 Å². The van der Waals surface area contributed by atoms with Gasteiger partial charge in [0.05, 0.1) is 11.4 Å². The molecule has 3 aromatic carbocycles. The first-order chi connectivity index (χ1) is 19.9. The summed E-state index contributed by atoms with van der Waals surface area (Å²) >= 11 is 0. The van der Waals surface area contributed by atoms with E-state index in [1.165, 1.54) is 11.1 Å². The maximum atomic E-state index is 10.5. The van der Waals surface area contributed by atoms with Crippen molar-refractivity contribution in [3.05, 3.63) is 81.9 Å². The summed E-state index contributed by atoms with van der Waals surface area (Å²) in [5.41, 5.74) is 7.12. The van der Waals surface area contributed by atoms with Crippen LogP contribution in [0, 0.1) is 13.8 Å². The van der Waals surface area contributed by atoms with E-state index in [-0.39, 0.29) is 28.3 Å². The number of aromatic hydroxyl groups is 2. The van der Waals surface area contributed by atoms with Crippen molar-refractivity contribution >= 4 is 35.7 Å². The van der Waals surface area contributed by atoms with Crippen molar-refractivity contribution in [1.29, 1.82) is 0 Å². The number of hydrogen-bond acceptors (Lipinski definition) is 8. The second-order valence-corrected chi connectivity index (χ2v) is 9.93. The van der Waals surface area contributed by atoms with Gasteiger partial charge in [0.1, 0.15) is 11.5 Å². The number of hydrogen-bond donors (Lipinski definition) is 2. The van der Waals surface area contributed by atoms with Crippen LogP contribution < -0.4 is 10.2 Å². The SMILES string of the molecule is CC(=O)[O-].CC(=O)[O-].CCCCc1cc(C)c(O)c(C=Nc2cccc(N=Cc3cc(CCCC)cc(C)c3O)c2)c1.[Co+2]. The Labute approximate surface area is 265 Å². The molecule has 3 aromatic rings. The van der Waals surface area contributed by atoms with E-state index < -0.39 is 11.9 Å². The molecular weight excluding hydrogens is 591 g/mol. The van der Waals surface area contributed by atoms with Gasteiger partial charge in [-0.1, -0.05) is 44.9 Å². The van der Waals surface area contributed by atoms with Gasteiger partial charge in [0, 0.05) is 35.5 Å². The van der Waals surface area contributed by atoms with Gasteiger partial charge in [-0.3, -0.25) is 9.98 Å². The zero-order valence-electron chi connectivity index (χ0n) is 25.8. The molecule has 43 heavy (non-hydrogen) atoms. The number of phenolic OH excluding ortho intramolecular Hbond substituents is 2. The Hall–Kier alpha value is -3.95. The van der Waals surface area contributed by atoms with Gasteiger partial charge in [-0.05, 0) is 106 Å². The minimum absolute atomic E-state index is 0. The van der Waals surface area contributed by atoms with Gasteiger partial charge in [-0.25, -0.2) is 0 Å². The van der Waals surface area contributed by atoms with Crippen molar-refractivity contribution < 1.29 is 46.8 Å². The number of nitrogens with zero attached hydrogens (tertiary/aromatic N) is 2. The summed E-state index contributed by atoms with van der Waals surface area (Å²) in [5, 5.41) is 38.7. The largest absolute Gasteiger partial charge is 2.00 e. The summed E-state index contributed by atoms with van der Waals surface area (Å²) in [6.45, 7) is 10.1. The van der Waals surface area contributed by atoms with Crippen molar-refractivity contribution in [2.45, 2.75) is 80.1 Å². The molecule has 0 aliphatic rings. The van der Waals surface area contributed by atoms with E-state index in [4.69, 9.17) is 19.8 Å². The van der Waals surface area contributed by atoms with E-state index in [0.717, 1.165) is 86.0 Å². The fraction of sp³-hybridized carbons (Fsp3) is 0.353. The summed E-state index contributed by atoms with van der Waals surface area (Å²) in [6, 6.07) is 15.7. The molecular formula is C34H42CoN2O6. The van der Waals surface area contributed by atoms with E-state index in [2.05, 4.69) is 23.8 Å². The standard InChI is InChI=1S/C30H36N2O2.2C2H4O2.Co/c1-5-7-10-23-14-21(3)29(33)25(16-23)19-31-27-12-9-13-28(18-27)32-20-26-17-24(11-8-6-2)15-22(4)30(26)34;2*1-2(3)4;/h9,12-20,33-34H,5-8,10-11H2,1-4H3;2*1H3,(H,3,4);/q;;;+2/p-2. The number of rotatable bonds is 10. The predicted octanol–water partition coefficient (Wildman–Crippen LogP) is 5.41. The second-order valence-electron chi connectivity index (χ2n) is 9.93. The van der Waals surface area contributed by atoms with Crippen molar-refractivity contribution in [3.8, 4) is 11.5 Å². The molecule has 2 N–H and O–H groups in total. The number of aliphatic imine (C=N–C) groups is 2. The Morgan fingerprint density at radius 2 is 1.07 bits per heavy atom. The summed E-state index contributed by atoms with van der Waals surface area (Å²) in [7, 11) is 0. The normalized spacial score (nSPS) is 10.4. The quantitative estimate of drug-likeness (QED) is 0.286. The summed E-state index contributed by atoms with van der Waals surface area (Å²) in [4.78, 5) is 27.0. The average Bonchev–Trinajstić information content (AvgIpc) is 2.92. The molecule has 0 saturated heterocycles. The van der Waals surface area contributed by atoms with Crippen LogP contribution in [0.5, 0.6) is 11.5 Å². The molecule has 0 heterocycles. The first-order valence-corrected chi connectivity index (χ1v) is 14.1. The number of carbonyl (C=O) groups excluding carboxylic acids is 2. The van der Waals surface area contributed by atoms with Crippen molar-refractivity contribution in [1.82, 2.24) is 0 Å². The first kappa shape index (κ1) is 39.0. The molecule has 0 bridgehead atoms. The third-order valence-electron chi connectivity index (χ3n) is 5.95. The Bertz CT molecular complexity index is 1280. The Kier molecular flexibility index (Phi) is 18.9. The van der Waals surface area contributed by atoms with E-state index >= 15 is 0 Å². The molecule has 8 nitrogen and oxygen atoms in total. The number of carbonyl (C=O) groups is 2. The number of aliphatic carboxylic acids is 2. The van der Waals surface area contributed by atoms with Gasteiger partial charge in [0.2, 0.25) is 0 Å². The number of unbranched alkanes of at least 4 members (excludes halogenated alkanes) is 2. The van der Waals surface area contributed by atoms with Crippen LogP contribution >= 0.6 is 0 Å². The summed E-state index contributed by atoms with van der Waals surface area (Å²) in [5.74, 6) is -1.63. The fourth-order valence-corrected chi connectivity index (χ4v) is 3.96. The van der Waals surface area contributed by atoms with Crippen LogP contribution in [0.15, 0.2) is 58.5 Å². The van der Waals surface area contributed by atoms with Crippen molar-refractivity contribution in [3.63, 3.8) is 0 Å². The number of aryl methyl sites for hydroxylation is 4. The predicted molar refractivity (Wildman–Crippen MR) is 165 cm³/mol. The Morgan fingerprint density at radius 3 is 1.40 bits per heavy atom.